The van der Waals surface area contributed by atoms with Crippen LogP contribution >= 0.6 is 23.1 Å². The maximum absolute atomic E-state index is 13.0. The zero-order valence-electron chi connectivity index (χ0n) is 16.4. The molecule has 2 saturated heterocycles. The number of anilines is 1. The second-order valence-corrected chi connectivity index (χ2v) is 11.0. The summed E-state index contributed by atoms with van der Waals surface area (Å²) < 4.78 is 27.4. The van der Waals surface area contributed by atoms with Crippen LogP contribution in [0.15, 0.2) is 40.6 Å². The minimum absolute atomic E-state index is 0.0115. The van der Waals surface area contributed by atoms with E-state index in [-0.39, 0.29) is 28.8 Å². The van der Waals surface area contributed by atoms with Crippen LogP contribution in [0.4, 0.5) is 10.5 Å². The van der Waals surface area contributed by atoms with Crippen LogP contribution < -0.4 is 10.6 Å². The van der Waals surface area contributed by atoms with Gasteiger partial charge in [0.25, 0.3) is 5.91 Å². The molecule has 2 N–H and O–H groups in total. The minimum atomic E-state index is -3.74. The van der Waals surface area contributed by atoms with Gasteiger partial charge in [-0.05, 0) is 29.1 Å². The quantitative estimate of drug-likeness (QED) is 0.609. The summed E-state index contributed by atoms with van der Waals surface area (Å²) in [4.78, 5) is 37.6. The highest BCUT2D eigenvalue weighted by molar-refractivity contribution is 7.99. The summed E-state index contributed by atoms with van der Waals surface area (Å²) in [6.45, 7) is 0.907. The van der Waals surface area contributed by atoms with Gasteiger partial charge in [-0.25, -0.2) is 13.2 Å². The molecule has 0 saturated carbocycles. The van der Waals surface area contributed by atoms with Crippen LogP contribution in [0.2, 0.25) is 0 Å². The number of nitrogens with zero attached hydrogens (tertiary/aromatic N) is 2. The summed E-state index contributed by atoms with van der Waals surface area (Å²) in [7, 11) is -3.74. The van der Waals surface area contributed by atoms with Crippen molar-refractivity contribution in [1.29, 1.82) is 0 Å². The van der Waals surface area contributed by atoms with Crippen molar-refractivity contribution in [2.45, 2.75) is 11.4 Å². The average molecular weight is 481 g/mol. The van der Waals surface area contributed by atoms with E-state index >= 15 is 0 Å². The minimum Gasteiger partial charge on any atom is -0.329 e. The Morgan fingerprint density at radius 1 is 1.16 bits per heavy atom. The molecule has 9 nitrogen and oxygen atoms in total. The Kier molecular flexibility index (Phi) is 6.32. The lowest BCUT2D eigenvalue weighted by atomic mass is 10.2. The standard InChI is InChI=1S/C19H20N4O5S3/c24-16-11-20-19(26)23(16)12-13-2-1-3-14(10-13)21-18(25)17-15(4-7-30-17)31(27,28)22-5-8-29-9-6-22/h1-4,7,10H,5-6,8-9,11-12H2,(H,20,26)(H,21,25). The van der Waals surface area contributed by atoms with E-state index in [0.29, 0.717) is 24.3 Å². The number of hydrogen-bond donors (Lipinski definition) is 2. The summed E-state index contributed by atoms with van der Waals surface area (Å²) in [6, 6.07) is 7.76. The van der Waals surface area contributed by atoms with E-state index in [1.54, 1.807) is 41.4 Å². The smallest absolute Gasteiger partial charge is 0.324 e. The fraction of sp³-hybridized carbons (Fsp3) is 0.316. The van der Waals surface area contributed by atoms with Gasteiger partial charge >= 0.3 is 6.03 Å². The molecule has 1 aromatic heterocycles. The maximum atomic E-state index is 13.0. The first-order valence-corrected chi connectivity index (χ1v) is 13.0. The average Bonchev–Trinajstić information content (AvgIpc) is 3.38. The van der Waals surface area contributed by atoms with Gasteiger partial charge < -0.3 is 10.6 Å². The molecule has 2 aliphatic heterocycles. The van der Waals surface area contributed by atoms with Gasteiger partial charge in [0.15, 0.2) is 0 Å². The summed E-state index contributed by atoms with van der Waals surface area (Å²) in [5.41, 5.74) is 1.11. The van der Waals surface area contributed by atoms with Crippen LogP contribution in [0.5, 0.6) is 0 Å². The SMILES string of the molecule is O=C(Nc1cccc(CN2C(=O)CNC2=O)c1)c1sccc1S(=O)(=O)N1CCSCC1. The number of urea groups is 1. The number of hydrogen-bond acceptors (Lipinski definition) is 7. The Hall–Kier alpha value is -2.41. The molecule has 0 spiro atoms. The van der Waals surface area contributed by atoms with E-state index in [1.165, 1.54) is 10.4 Å². The van der Waals surface area contributed by atoms with Crippen LogP contribution in [-0.4, -0.2) is 66.6 Å². The molecule has 12 heteroatoms. The number of thioether (sulfide) groups is 1. The van der Waals surface area contributed by atoms with Crippen LogP contribution in [-0.2, 0) is 21.4 Å². The van der Waals surface area contributed by atoms with Crippen LogP contribution in [0.25, 0.3) is 0 Å². The monoisotopic (exact) mass is 480 g/mol. The zero-order valence-corrected chi connectivity index (χ0v) is 18.8. The molecule has 0 bridgehead atoms. The molecule has 0 atom stereocenters. The second-order valence-electron chi connectivity index (χ2n) is 6.92. The van der Waals surface area contributed by atoms with Crippen molar-refractivity contribution in [3.63, 3.8) is 0 Å². The van der Waals surface area contributed by atoms with Gasteiger partial charge in [0.05, 0.1) is 13.1 Å². The van der Waals surface area contributed by atoms with Gasteiger partial charge in [-0.2, -0.15) is 16.1 Å². The molecule has 2 fully saturated rings. The fourth-order valence-corrected chi connectivity index (χ4v) is 7.20. The molecule has 2 aliphatic rings. The maximum Gasteiger partial charge on any atom is 0.324 e. The summed E-state index contributed by atoms with van der Waals surface area (Å²) >= 11 is 2.77. The first-order chi connectivity index (χ1) is 14.9. The molecule has 31 heavy (non-hydrogen) atoms. The van der Waals surface area contributed by atoms with Crippen molar-refractivity contribution in [3.8, 4) is 0 Å². The Morgan fingerprint density at radius 3 is 2.65 bits per heavy atom. The molecule has 4 rings (SSSR count). The number of imide groups is 1. The third kappa shape index (κ3) is 4.61. The predicted octanol–water partition coefficient (Wildman–Crippen LogP) is 1.79. The third-order valence-electron chi connectivity index (χ3n) is 4.89. The van der Waals surface area contributed by atoms with Gasteiger partial charge in [-0.3, -0.25) is 14.5 Å². The number of nitrogens with one attached hydrogen (secondary N) is 2. The Balaban J connectivity index is 1.50. The van der Waals surface area contributed by atoms with E-state index in [0.717, 1.165) is 27.7 Å². The third-order valence-corrected chi connectivity index (χ3v) is 8.81. The number of thiophene rings is 1. The molecule has 164 valence electrons. The van der Waals surface area contributed by atoms with Gasteiger partial charge in [0.1, 0.15) is 9.77 Å². The van der Waals surface area contributed by atoms with Crippen molar-refractivity contribution in [3.05, 3.63) is 46.2 Å². The highest BCUT2D eigenvalue weighted by atomic mass is 32.2. The summed E-state index contributed by atoms with van der Waals surface area (Å²) in [5, 5.41) is 6.78. The van der Waals surface area contributed by atoms with Gasteiger partial charge in [0.2, 0.25) is 15.9 Å². The summed E-state index contributed by atoms with van der Waals surface area (Å²) in [5.74, 6) is 0.626. The number of amides is 4. The molecular weight excluding hydrogens is 460 g/mol. The van der Waals surface area contributed by atoms with E-state index in [2.05, 4.69) is 10.6 Å². The van der Waals surface area contributed by atoms with Gasteiger partial charge in [-0.15, -0.1) is 11.3 Å². The number of benzene rings is 1. The van der Waals surface area contributed by atoms with Crippen molar-refractivity contribution in [2.75, 3.05) is 36.5 Å². The lowest BCUT2D eigenvalue weighted by Gasteiger charge is -2.25. The molecule has 2 aromatic rings. The van der Waals surface area contributed by atoms with E-state index in [9.17, 15) is 22.8 Å². The van der Waals surface area contributed by atoms with Crippen LogP contribution in [0.3, 0.4) is 0 Å². The van der Waals surface area contributed by atoms with Crippen molar-refractivity contribution < 1.29 is 22.8 Å². The van der Waals surface area contributed by atoms with E-state index in [4.69, 9.17) is 0 Å². The fourth-order valence-electron chi connectivity index (χ4n) is 3.33. The molecule has 0 radical (unpaired) electrons. The lowest BCUT2D eigenvalue weighted by molar-refractivity contribution is -0.125. The lowest BCUT2D eigenvalue weighted by Crippen LogP contribution is -2.38. The zero-order chi connectivity index (χ0) is 22.0. The van der Waals surface area contributed by atoms with E-state index < -0.39 is 22.0 Å². The van der Waals surface area contributed by atoms with Crippen molar-refractivity contribution in [2.24, 2.45) is 0 Å². The summed E-state index contributed by atoms with van der Waals surface area (Å²) in [6.07, 6.45) is 0. The first kappa shape index (κ1) is 21.8. The van der Waals surface area contributed by atoms with Gasteiger partial charge in [-0.1, -0.05) is 12.1 Å². The molecule has 4 amide bonds. The first-order valence-electron chi connectivity index (χ1n) is 9.50. The van der Waals surface area contributed by atoms with Crippen molar-refractivity contribution >= 4 is 56.7 Å². The number of sulfonamides is 1. The highest BCUT2D eigenvalue weighted by Gasteiger charge is 2.31. The molecule has 3 heterocycles. The van der Waals surface area contributed by atoms with Crippen molar-refractivity contribution in [1.82, 2.24) is 14.5 Å². The topological polar surface area (TPSA) is 116 Å². The Bertz CT molecular complexity index is 1110. The highest BCUT2D eigenvalue weighted by Crippen LogP contribution is 2.28. The normalized spacial score (nSPS) is 17.6. The molecular formula is C19H20N4O5S3. The molecule has 0 aliphatic carbocycles. The number of rotatable bonds is 6. The largest absolute Gasteiger partial charge is 0.329 e. The van der Waals surface area contributed by atoms with Gasteiger partial charge in [0, 0.05) is 30.3 Å². The Morgan fingerprint density at radius 2 is 1.94 bits per heavy atom. The number of carbonyl (C=O) groups excluding carboxylic acids is 3. The molecule has 0 unspecified atom stereocenters. The number of carbonyl (C=O) groups is 3. The van der Waals surface area contributed by atoms with E-state index in [1.807, 2.05) is 0 Å². The Labute approximate surface area is 187 Å². The predicted molar refractivity (Wildman–Crippen MR) is 119 cm³/mol. The van der Waals surface area contributed by atoms with Crippen LogP contribution in [0.1, 0.15) is 15.2 Å². The van der Waals surface area contributed by atoms with Crippen LogP contribution in [0, 0.1) is 0 Å². The molecule has 1 aromatic carbocycles. The second kappa shape index (κ2) is 8.99.